The Morgan fingerprint density at radius 1 is 1.15 bits per heavy atom. The molecule has 4 aromatic rings. The highest BCUT2D eigenvalue weighted by molar-refractivity contribution is 7.98. The topological polar surface area (TPSA) is 69.6 Å². The third-order valence-corrected chi connectivity index (χ3v) is 5.70. The van der Waals surface area contributed by atoms with E-state index in [-0.39, 0.29) is 0 Å². The van der Waals surface area contributed by atoms with Gasteiger partial charge in [0.15, 0.2) is 0 Å². The van der Waals surface area contributed by atoms with Crippen molar-refractivity contribution in [2.75, 3.05) is 0 Å². The number of benzene rings is 1. The Hall–Kier alpha value is -2.45. The number of rotatable bonds is 6. The third-order valence-electron chi connectivity index (χ3n) is 3.83. The summed E-state index contributed by atoms with van der Waals surface area (Å²) in [7, 11) is 0. The van der Waals surface area contributed by atoms with Crippen molar-refractivity contribution in [3.63, 3.8) is 0 Å². The van der Waals surface area contributed by atoms with Crippen LogP contribution >= 0.6 is 23.1 Å². The molecule has 0 saturated carbocycles. The molecule has 0 fully saturated rings. The van der Waals surface area contributed by atoms with Crippen molar-refractivity contribution in [2.45, 2.75) is 31.4 Å². The van der Waals surface area contributed by atoms with E-state index in [4.69, 9.17) is 4.42 Å². The van der Waals surface area contributed by atoms with Gasteiger partial charge in [0.05, 0.1) is 16.5 Å². The highest BCUT2D eigenvalue weighted by Gasteiger charge is 2.15. The summed E-state index contributed by atoms with van der Waals surface area (Å²) in [5.74, 6) is 2.17. The lowest BCUT2D eigenvalue weighted by Gasteiger charge is -2.06. The van der Waals surface area contributed by atoms with Crippen LogP contribution < -0.4 is 0 Å². The standard InChI is InChI=1S/C18H17N5OS2/c1-12-16(26-13(2)20-12)17-21-22-18(24-17)25-11-15-19-8-9-23(15)10-14-6-4-3-5-7-14/h3-9H,10-11H2,1-2H3. The summed E-state index contributed by atoms with van der Waals surface area (Å²) in [5.41, 5.74) is 2.17. The molecule has 3 aromatic heterocycles. The van der Waals surface area contributed by atoms with Crippen LogP contribution in [0.4, 0.5) is 0 Å². The zero-order chi connectivity index (χ0) is 17.9. The molecule has 26 heavy (non-hydrogen) atoms. The molecule has 6 nitrogen and oxygen atoms in total. The number of hydrogen-bond donors (Lipinski definition) is 0. The molecule has 0 saturated heterocycles. The Labute approximate surface area is 159 Å². The van der Waals surface area contributed by atoms with Gasteiger partial charge in [-0.2, -0.15) is 0 Å². The van der Waals surface area contributed by atoms with E-state index >= 15 is 0 Å². The summed E-state index contributed by atoms with van der Waals surface area (Å²) < 4.78 is 7.93. The minimum Gasteiger partial charge on any atom is -0.410 e. The molecule has 0 radical (unpaired) electrons. The first-order valence-corrected chi connectivity index (χ1v) is 9.94. The van der Waals surface area contributed by atoms with Gasteiger partial charge in [-0.1, -0.05) is 42.1 Å². The molecule has 4 rings (SSSR count). The van der Waals surface area contributed by atoms with Crippen LogP contribution in [0.15, 0.2) is 52.4 Å². The van der Waals surface area contributed by atoms with Gasteiger partial charge in [-0.25, -0.2) is 9.97 Å². The minimum atomic E-state index is 0.531. The van der Waals surface area contributed by atoms with Crippen LogP contribution in [0.1, 0.15) is 22.1 Å². The predicted molar refractivity (Wildman–Crippen MR) is 102 cm³/mol. The summed E-state index contributed by atoms with van der Waals surface area (Å²) in [5, 5.41) is 9.84. The van der Waals surface area contributed by atoms with E-state index in [2.05, 4.69) is 36.9 Å². The summed E-state index contributed by atoms with van der Waals surface area (Å²) in [6, 6.07) is 10.3. The minimum absolute atomic E-state index is 0.531. The van der Waals surface area contributed by atoms with E-state index in [0.717, 1.165) is 27.9 Å². The maximum atomic E-state index is 5.79. The highest BCUT2D eigenvalue weighted by Crippen LogP contribution is 2.31. The van der Waals surface area contributed by atoms with E-state index in [1.54, 1.807) is 11.3 Å². The first kappa shape index (κ1) is 17.0. The van der Waals surface area contributed by atoms with Crippen LogP contribution in [0.25, 0.3) is 10.8 Å². The van der Waals surface area contributed by atoms with Gasteiger partial charge in [0.2, 0.25) is 0 Å². The number of aryl methyl sites for hydroxylation is 2. The molecule has 8 heteroatoms. The van der Waals surface area contributed by atoms with Crippen LogP contribution in [0.5, 0.6) is 0 Å². The fourth-order valence-electron chi connectivity index (χ4n) is 2.62. The van der Waals surface area contributed by atoms with Crippen molar-refractivity contribution in [3.8, 4) is 10.8 Å². The Morgan fingerprint density at radius 2 is 2.00 bits per heavy atom. The van der Waals surface area contributed by atoms with Crippen LogP contribution in [0.3, 0.4) is 0 Å². The fourth-order valence-corrected chi connectivity index (χ4v) is 4.19. The van der Waals surface area contributed by atoms with Gasteiger partial charge in [-0.3, -0.25) is 0 Å². The number of imidazole rings is 1. The van der Waals surface area contributed by atoms with E-state index < -0.39 is 0 Å². The smallest absolute Gasteiger partial charge is 0.277 e. The number of aromatic nitrogens is 5. The van der Waals surface area contributed by atoms with Gasteiger partial charge in [0, 0.05) is 18.9 Å². The first-order chi connectivity index (χ1) is 12.7. The van der Waals surface area contributed by atoms with Crippen molar-refractivity contribution < 1.29 is 4.42 Å². The largest absolute Gasteiger partial charge is 0.410 e. The van der Waals surface area contributed by atoms with Crippen molar-refractivity contribution in [3.05, 3.63) is 64.8 Å². The lowest BCUT2D eigenvalue weighted by Crippen LogP contribution is -2.03. The lowest BCUT2D eigenvalue weighted by atomic mass is 10.2. The molecule has 0 unspecified atom stereocenters. The summed E-state index contributed by atoms with van der Waals surface area (Å²) >= 11 is 3.06. The van der Waals surface area contributed by atoms with Crippen molar-refractivity contribution in [1.29, 1.82) is 0 Å². The van der Waals surface area contributed by atoms with Crippen LogP contribution in [-0.4, -0.2) is 24.7 Å². The van der Waals surface area contributed by atoms with E-state index in [9.17, 15) is 0 Å². The van der Waals surface area contributed by atoms with E-state index in [0.29, 0.717) is 16.9 Å². The van der Waals surface area contributed by atoms with Gasteiger partial charge >= 0.3 is 0 Å². The van der Waals surface area contributed by atoms with Gasteiger partial charge in [-0.05, 0) is 19.4 Å². The molecule has 0 atom stereocenters. The van der Waals surface area contributed by atoms with Crippen LogP contribution in [0.2, 0.25) is 0 Å². The summed E-state index contributed by atoms with van der Waals surface area (Å²) in [4.78, 5) is 9.80. The van der Waals surface area contributed by atoms with E-state index in [1.165, 1.54) is 17.3 Å². The molecule has 132 valence electrons. The maximum Gasteiger partial charge on any atom is 0.277 e. The van der Waals surface area contributed by atoms with Crippen molar-refractivity contribution in [1.82, 2.24) is 24.7 Å². The monoisotopic (exact) mass is 383 g/mol. The number of hydrogen-bond acceptors (Lipinski definition) is 7. The quantitative estimate of drug-likeness (QED) is 0.461. The average Bonchev–Trinajstić information content (AvgIpc) is 3.34. The predicted octanol–water partition coefficient (Wildman–Crippen LogP) is 4.35. The Morgan fingerprint density at radius 3 is 2.77 bits per heavy atom. The molecular formula is C18H17N5OS2. The van der Waals surface area contributed by atoms with Gasteiger partial charge < -0.3 is 8.98 Å². The second-order valence-electron chi connectivity index (χ2n) is 5.77. The SMILES string of the molecule is Cc1nc(C)c(-c2nnc(SCc3nccn3Cc3ccccc3)o2)s1. The summed E-state index contributed by atoms with van der Waals surface area (Å²) in [6.07, 6.45) is 3.81. The normalized spacial score (nSPS) is 11.2. The number of nitrogens with zero attached hydrogens (tertiary/aromatic N) is 5. The molecule has 0 N–H and O–H groups in total. The highest BCUT2D eigenvalue weighted by atomic mass is 32.2. The average molecular weight is 384 g/mol. The molecular weight excluding hydrogens is 366 g/mol. The molecule has 0 aliphatic rings. The van der Waals surface area contributed by atoms with Gasteiger partial charge in [0.1, 0.15) is 10.7 Å². The molecule has 3 heterocycles. The molecule has 0 aliphatic heterocycles. The van der Waals surface area contributed by atoms with Crippen LogP contribution in [0, 0.1) is 13.8 Å². The zero-order valence-corrected chi connectivity index (χ0v) is 16.0. The molecule has 1 aromatic carbocycles. The lowest BCUT2D eigenvalue weighted by molar-refractivity contribution is 0.466. The maximum absolute atomic E-state index is 5.79. The summed E-state index contributed by atoms with van der Waals surface area (Å²) in [6.45, 7) is 4.72. The Bertz CT molecular complexity index is 1010. The Balaban J connectivity index is 1.44. The second-order valence-corrected chi connectivity index (χ2v) is 7.90. The molecule has 0 spiro atoms. The van der Waals surface area contributed by atoms with Gasteiger partial charge in [0.25, 0.3) is 11.1 Å². The van der Waals surface area contributed by atoms with Gasteiger partial charge in [-0.15, -0.1) is 21.5 Å². The van der Waals surface area contributed by atoms with Crippen LogP contribution in [-0.2, 0) is 12.3 Å². The Kier molecular flexibility index (Phi) is 4.85. The zero-order valence-electron chi connectivity index (χ0n) is 14.4. The molecule has 0 aliphatic carbocycles. The van der Waals surface area contributed by atoms with Crippen molar-refractivity contribution in [2.24, 2.45) is 0 Å². The number of thiazole rings is 1. The second kappa shape index (κ2) is 7.43. The first-order valence-electron chi connectivity index (χ1n) is 8.13. The fraction of sp³-hybridized carbons (Fsp3) is 0.222. The van der Waals surface area contributed by atoms with Crippen molar-refractivity contribution >= 4 is 23.1 Å². The number of thioether (sulfide) groups is 1. The molecule has 0 amide bonds. The third kappa shape index (κ3) is 3.71. The molecule has 0 bridgehead atoms. The van der Waals surface area contributed by atoms with E-state index in [1.807, 2.05) is 44.4 Å².